The van der Waals surface area contributed by atoms with Gasteiger partial charge in [-0.05, 0) is 19.9 Å². The second-order valence-electron chi connectivity index (χ2n) is 4.26. The zero-order valence-electron chi connectivity index (χ0n) is 11.6. The Morgan fingerprint density at radius 2 is 2.30 bits per heavy atom. The number of nitrogens with one attached hydrogen (secondary N) is 1. The van der Waals surface area contributed by atoms with Gasteiger partial charge >= 0.3 is 5.97 Å². The zero-order valence-corrected chi connectivity index (χ0v) is 11.6. The van der Waals surface area contributed by atoms with Gasteiger partial charge in [0.25, 0.3) is 5.91 Å². The zero-order chi connectivity index (χ0) is 15.1. The van der Waals surface area contributed by atoms with Crippen LogP contribution in [0.25, 0.3) is 0 Å². The lowest BCUT2D eigenvalue weighted by molar-refractivity contribution is -0.149. The van der Waals surface area contributed by atoms with Crippen molar-refractivity contribution in [1.29, 1.82) is 0 Å². The van der Waals surface area contributed by atoms with Crippen molar-refractivity contribution in [2.75, 3.05) is 20.2 Å². The number of aromatic nitrogens is 2. The number of aryl methyl sites for hydroxylation is 1. The Labute approximate surface area is 116 Å². The molecular weight excluding hydrogens is 264 g/mol. The van der Waals surface area contributed by atoms with Gasteiger partial charge in [0, 0.05) is 12.2 Å². The minimum atomic E-state index is -1.38. The number of rotatable bonds is 7. The maximum Gasteiger partial charge on any atom is 0.336 e. The SMILES string of the molecule is COC(=O)C(O)CNC(=O)c1cnn(CCCN)c1C. The van der Waals surface area contributed by atoms with Crippen molar-refractivity contribution < 1.29 is 19.4 Å². The van der Waals surface area contributed by atoms with Crippen LogP contribution in [0.2, 0.25) is 0 Å². The largest absolute Gasteiger partial charge is 0.467 e. The number of aliphatic hydroxyl groups excluding tert-OH is 1. The third-order valence-electron chi connectivity index (χ3n) is 2.85. The molecule has 0 saturated heterocycles. The molecule has 4 N–H and O–H groups in total. The molecular formula is C12H20N4O4. The number of hydrogen-bond acceptors (Lipinski definition) is 6. The van der Waals surface area contributed by atoms with Gasteiger partial charge in [0.2, 0.25) is 0 Å². The number of ether oxygens (including phenoxy) is 1. The number of esters is 1. The quantitative estimate of drug-likeness (QED) is 0.541. The standard InChI is InChI=1S/C12H20N4O4/c1-8-9(6-15-16(8)5-3-4-13)11(18)14-7-10(17)12(19)20-2/h6,10,17H,3-5,7,13H2,1-2H3,(H,14,18). The number of carbonyl (C=O) groups excluding carboxylic acids is 2. The molecule has 0 saturated carbocycles. The third kappa shape index (κ3) is 4.04. The summed E-state index contributed by atoms with van der Waals surface area (Å²) in [5.41, 5.74) is 6.54. The molecule has 8 heteroatoms. The van der Waals surface area contributed by atoms with Gasteiger partial charge in [-0.2, -0.15) is 5.10 Å². The van der Waals surface area contributed by atoms with Crippen LogP contribution in [0.1, 0.15) is 22.5 Å². The van der Waals surface area contributed by atoms with Gasteiger partial charge in [0.05, 0.1) is 25.4 Å². The molecule has 1 amide bonds. The van der Waals surface area contributed by atoms with E-state index in [4.69, 9.17) is 5.73 Å². The Bertz CT molecular complexity index is 472. The summed E-state index contributed by atoms with van der Waals surface area (Å²) in [7, 11) is 1.17. The fraction of sp³-hybridized carbons (Fsp3) is 0.583. The van der Waals surface area contributed by atoms with Crippen LogP contribution in [0.4, 0.5) is 0 Å². The van der Waals surface area contributed by atoms with E-state index in [1.54, 1.807) is 11.6 Å². The molecule has 1 rings (SSSR count). The monoisotopic (exact) mass is 284 g/mol. The van der Waals surface area contributed by atoms with Crippen molar-refractivity contribution in [3.8, 4) is 0 Å². The minimum Gasteiger partial charge on any atom is -0.467 e. The predicted octanol–water partition coefficient (Wildman–Crippen LogP) is -1.20. The van der Waals surface area contributed by atoms with Gasteiger partial charge in [0.15, 0.2) is 6.10 Å². The van der Waals surface area contributed by atoms with Gasteiger partial charge in [-0.25, -0.2) is 4.79 Å². The van der Waals surface area contributed by atoms with Crippen molar-refractivity contribution >= 4 is 11.9 Å². The summed E-state index contributed by atoms with van der Waals surface area (Å²) in [6, 6.07) is 0. The van der Waals surface area contributed by atoms with E-state index in [2.05, 4.69) is 15.2 Å². The highest BCUT2D eigenvalue weighted by Crippen LogP contribution is 2.07. The summed E-state index contributed by atoms with van der Waals surface area (Å²) < 4.78 is 6.05. The van der Waals surface area contributed by atoms with Crippen molar-refractivity contribution in [3.05, 3.63) is 17.5 Å². The number of nitrogens with zero attached hydrogens (tertiary/aromatic N) is 2. The maximum absolute atomic E-state index is 11.9. The first kappa shape index (κ1) is 16.1. The van der Waals surface area contributed by atoms with Crippen molar-refractivity contribution in [1.82, 2.24) is 15.1 Å². The van der Waals surface area contributed by atoms with Crippen LogP contribution in [0.3, 0.4) is 0 Å². The number of amides is 1. The van der Waals surface area contributed by atoms with Gasteiger partial charge in [-0.15, -0.1) is 0 Å². The summed E-state index contributed by atoms with van der Waals surface area (Å²) in [5, 5.41) is 15.9. The predicted molar refractivity (Wildman–Crippen MR) is 71.0 cm³/mol. The van der Waals surface area contributed by atoms with Gasteiger partial charge < -0.3 is 20.9 Å². The van der Waals surface area contributed by atoms with Crippen LogP contribution in [0, 0.1) is 6.92 Å². The summed E-state index contributed by atoms with van der Waals surface area (Å²) >= 11 is 0. The molecule has 0 bridgehead atoms. The van der Waals surface area contributed by atoms with Crippen LogP contribution >= 0.6 is 0 Å². The molecule has 1 heterocycles. The molecule has 0 spiro atoms. The Hall–Kier alpha value is -1.93. The Kier molecular flexibility index (Phi) is 6.13. The highest BCUT2D eigenvalue weighted by atomic mass is 16.5. The molecule has 8 nitrogen and oxygen atoms in total. The van der Waals surface area contributed by atoms with E-state index in [1.807, 2.05) is 0 Å². The van der Waals surface area contributed by atoms with Gasteiger partial charge in [0.1, 0.15) is 0 Å². The van der Waals surface area contributed by atoms with Gasteiger partial charge in [-0.1, -0.05) is 0 Å². The lowest BCUT2D eigenvalue weighted by Crippen LogP contribution is -2.37. The molecule has 0 aliphatic carbocycles. The Morgan fingerprint density at radius 3 is 2.90 bits per heavy atom. The maximum atomic E-state index is 11.9. The lowest BCUT2D eigenvalue weighted by Gasteiger charge is -2.09. The molecule has 1 aromatic heterocycles. The van der Waals surface area contributed by atoms with Crippen LogP contribution in [-0.2, 0) is 16.1 Å². The van der Waals surface area contributed by atoms with Crippen LogP contribution in [-0.4, -0.2) is 53.1 Å². The Balaban J connectivity index is 2.60. The molecule has 0 aromatic carbocycles. The molecule has 0 radical (unpaired) electrons. The molecule has 1 aromatic rings. The van der Waals surface area contributed by atoms with Crippen LogP contribution < -0.4 is 11.1 Å². The second kappa shape index (κ2) is 7.61. The molecule has 0 aliphatic rings. The summed E-state index contributed by atoms with van der Waals surface area (Å²) in [6.45, 7) is 2.75. The average Bonchev–Trinajstić information content (AvgIpc) is 2.82. The number of hydrogen-bond donors (Lipinski definition) is 3. The fourth-order valence-electron chi connectivity index (χ4n) is 1.64. The third-order valence-corrected chi connectivity index (χ3v) is 2.85. The second-order valence-corrected chi connectivity index (χ2v) is 4.26. The first-order valence-corrected chi connectivity index (χ1v) is 6.27. The summed E-state index contributed by atoms with van der Waals surface area (Å²) in [5.74, 6) is -1.19. The molecule has 1 unspecified atom stereocenters. The topological polar surface area (TPSA) is 119 Å². The normalized spacial score (nSPS) is 12.0. The lowest BCUT2D eigenvalue weighted by atomic mass is 10.2. The number of nitrogens with two attached hydrogens (primary N) is 1. The van der Waals surface area contributed by atoms with E-state index in [0.29, 0.717) is 24.3 Å². The molecule has 112 valence electrons. The first-order valence-electron chi connectivity index (χ1n) is 6.27. The van der Waals surface area contributed by atoms with E-state index in [1.165, 1.54) is 13.3 Å². The first-order chi connectivity index (χ1) is 9.51. The highest BCUT2D eigenvalue weighted by molar-refractivity contribution is 5.95. The smallest absolute Gasteiger partial charge is 0.336 e. The van der Waals surface area contributed by atoms with E-state index in [-0.39, 0.29) is 6.54 Å². The van der Waals surface area contributed by atoms with Gasteiger partial charge in [-0.3, -0.25) is 9.48 Å². The number of carbonyl (C=O) groups is 2. The van der Waals surface area contributed by atoms with Crippen molar-refractivity contribution in [3.63, 3.8) is 0 Å². The van der Waals surface area contributed by atoms with E-state index < -0.39 is 18.0 Å². The summed E-state index contributed by atoms with van der Waals surface area (Å²) in [4.78, 5) is 22.9. The molecule has 0 aliphatic heterocycles. The van der Waals surface area contributed by atoms with E-state index in [9.17, 15) is 14.7 Å². The average molecular weight is 284 g/mol. The Morgan fingerprint density at radius 1 is 1.60 bits per heavy atom. The van der Waals surface area contributed by atoms with Crippen LogP contribution in [0.5, 0.6) is 0 Å². The number of methoxy groups -OCH3 is 1. The highest BCUT2D eigenvalue weighted by Gasteiger charge is 2.19. The number of aliphatic hydroxyl groups is 1. The summed E-state index contributed by atoms with van der Waals surface area (Å²) in [6.07, 6.45) is 0.840. The molecule has 0 fully saturated rings. The van der Waals surface area contributed by atoms with Crippen molar-refractivity contribution in [2.24, 2.45) is 5.73 Å². The van der Waals surface area contributed by atoms with Crippen LogP contribution in [0.15, 0.2) is 6.20 Å². The molecule has 1 atom stereocenters. The van der Waals surface area contributed by atoms with E-state index >= 15 is 0 Å². The molecule has 20 heavy (non-hydrogen) atoms. The van der Waals surface area contributed by atoms with E-state index in [0.717, 1.165) is 6.42 Å². The minimum absolute atomic E-state index is 0.209. The fourth-order valence-corrected chi connectivity index (χ4v) is 1.64. The van der Waals surface area contributed by atoms with Crippen molar-refractivity contribution in [2.45, 2.75) is 26.0 Å².